The van der Waals surface area contributed by atoms with Gasteiger partial charge in [0, 0.05) is 32.8 Å². The molecule has 0 unspecified atom stereocenters. The number of anilines is 1. The highest BCUT2D eigenvalue weighted by molar-refractivity contribution is 6.02. The number of carboxylic acids is 1. The molecular formula is C18H24F3N3O3. The van der Waals surface area contributed by atoms with Gasteiger partial charge in [-0.25, -0.2) is 4.79 Å². The molecule has 0 spiro atoms. The zero-order valence-electron chi connectivity index (χ0n) is 15.7. The van der Waals surface area contributed by atoms with Crippen LogP contribution in [0.3, 0.4) is 0 Å². The molecule has 2 rings (SSSR count). The van der Waals surface area contributed by atoms with E-state index < -0.39 is 12.1 Å². The highest BCUT2D eigenvalue weighted by Crippen LogP contribution is 2.30. The van der Waals surface area contributed by atoms with Crippen LogP contribution >= 0.6 is 0 Å². The summed E-state index contributed by atoms with van der Waals surface area (Å²) in [7, 11) is 5.82. The van der Waals surface area contributed by atoms with E-state index in [1.807, 2.05) is 32.1 Å². The Bertz CT molecular complexity index is 716. The van der Waals surface area contributed by atoms with Crippen LogP contribution in [0.2, 0.25) is 0 Å². The van der Waals surface area contributed by atoms with E-state index in [0.29, 0.717) is 0 Å². The second-order valence-corrected chi connectivity index (χ2v) is 6.34. The van der Waals surface area contributed by atoms with Crippen LogP contribution in [-0.4, -0.2) is 55.7 Å². The first-order valence-corrected chi connectivity index (χ1v) is 8.16. The van der Waals surface area contributed by atoms with Crippen molar-refractivity contribution in [2.45, 2.75) is 26.2 Å². The molecule has 9 heteroatoms. The third-order valence-electron chi connectivity index (χ3n) is 3.84. The molecule has 0 aliphatic carbocycles. The fraction of sp³-hybridized carbons (Fsp3) is 0.444. The van der Waals surface area contributed by atoms with Crippen molar-refractivity contribution in [3.05, 3.63) is 41.0 Å². The van der Waals surface area contributed by atoms with Gasteiger partial charge >= 0.3 is 12.1 Å². The van der Waals surface area contributed by atoms with Gasteiger partial charge in [-0.3, -0.25) is 4.79 Å². The molecule has 27 heavy (non-hydrogen) atoms. The molecule has 1 aromatic carbocycles. The molecule has 1 aliphatic heterocycles. The number of rotatable bonds is 4. The number of carbonyl (C=O) groups is 2. The number of likely N-dealkylation sites (N-methyl/N-ethyl adjacent to an activating group) is 2. The number of hydrogen-bond donors (Lipinski definition) is 2. The minimum atomic E-state index is -5.08. The van der Waals surface area contributed by atoms with Crippen molar-refractivity contribution >= 4 is 17.6 Å². The fourth-order valence-electron chi connectivity index (χ4n) is 2.53. The first-order chi connectivity index (χ1) is 12.4. The lowest BCUT2D eigenvalue weighted by molar-refractivity contribution is -0.192. The Kier molecular flexibility index (Phi) is 7.98. The van der Waals surface area contributed by atoms with Gasteiger partial charge in [-0.05, 0) is 37.7 Å². The summed E-state index contributed by atoms with van der Waals surface area (Å²) < 4.78 is 31.7. The Labute approximate surface area is 156 Å². The van der Waals surface area contributed by atoms with E-state index in [0.717, 1.165) is 30.9 Å². The minimum absolute atomic E-state index is 0.0234. The fourth-order valence-corrected chi connectivity index (χ4v) is 2.53. The van der Waals surface area contributed by atoms with Crippen molar-refractivity contribution in [1.82, 2.24) is 10.2 Å². The number of nitrogens with one attached hydrogen (secondary N) is 1. The lowest BCUT2D eigenvalue weighted by Crippen LogP contribution is -2.26. The standard InChI is InChI=1S/C16H23N3O.C2HF3O2/c1-12-7-8-13-10-17-11-14(13)16(12)19(4)15(20)6-5-9-18(2)3;3-2(4,5)1(6)7/h5-8,17H,9-11H2,1-4H3;(H,6,7)/b6-5+;. The molecule has 1 aromatic rings. The molecule has 1 heterocycles. The maximum absolute atomic E-state index is 12.3. The molecule has 0 fully saturated rings. The number of carboxylic acid groups (broad SMARTS) is 1. The maximum Gasteiger partial charge on any atom is 0.490 e. The third-order valence-corrected chi connectivity index (χ3v) is 3.84. The summed E-state index contributed by atoms with van der Waals surface area (Å²) in [5.74, 6) is -2.73. The topological polar surface area (TPSA) is 72.9 Å². The number of aryl methyl sites for hydroxylation is 1. The van der Waals surface area contributed by atoms with Gasteiger partial charge in [0.25, 0.3) is 0 Å². The van der Waals surface area contributed by atoms with Gasteiger partial charge in [0.2, 0.25) is 5.91 Å². The second-order valence-electron chi connectivity index (χ2n) is 6.34. The summed E-state index contributed by atoms with van der Waals surface area (Å²) in [6.45, 7) is 4.56. The van der Waals surface area contributed by atoms with Crippen LogP contribution in [0, 0.1) is 6.92 Å². The predicted molar refractivity (Wildman–Crippen MR) is 96.5 cm³/mol. The minimum Gasteiger partial charge on any atom is -0.475 e. The number of amides is 1. The van der Waals surface area contributed by atoms with Crippen molar-refractivity contribution in [2.24, 2.45) is 0 Å². The Morgan fingerprint density at radius 1 is 1.22 bits per heavy atom. The smallest absolute Gasteiger partial charge is 0.475 e. The van der Waals surface area contributed by atoms with Crippen molar-refractivity contribution in [3.63, 3.8) is 0 Å². The Morgan fingerprint density at radius 3 is 2.33 bits per heavy atom. The van der Waals surface area contributed by atoms with Crippen LogP contribution in [0.15, 0.2) is 24.3 Å². The number of halogens is 3. The molecule has 0 saturated heterocycles. The van der Waals surface area contributed by atoms with E-state index in [9.17, 15) is 18.0 Å². The van der Waals surface area contributed by atoms with Crippen LogP contribution in [0.1, 0.15) is 16.7 Å². The molecular weight excluding hydrogens is 363 g/mol. The van der Waals surface area contributed by atoms with Gasteiger partial charge in [0.1, 0.15) is 0 Å². The van der Waals surface area contributed by atoms with Crippen molar-refractivity contribution in [1.29, 1.82) is 0 Å². The first kappa shape index (κ1) is 22.7. The quantitative estimate of drug-likeness (QED) is 0.776. The largest absolute Gasteiger partial charge is 0.490 e. The number of alkyl halides is 3. The molecule has 2 N–H and O–H groups in total. The number of aliphatic carboxylic acids is 1. The molecule has 1 amide bonds. The highest BCUT2D eigenvalue weighted by Gasteiger charge is 2.38. The van der Waals surface area contributed by atoms with Gasteiger partial charge < -0.3 is 20.2 Å². The lowest BCUT2D eigenvalue weighted by Gasteiger charge is -2.21. The van der Waals surface area contributed by atoms with Crippen LogP contribution in [0.5, 0.6) is 0 Å². The second kappa shape index (κ2) is 9.52. The Hall–Kier alpha value is -2.39. The molecule has 150 valence electrons. The molecule has 6 nitrogen and oxygen atoms in total. The van der Waals surface area contributed by atoms with E-state index in [2.05, 4.69) is 24.4 Å². The van der Waals surface area contributed by atoms with Crippen molar-refractivity contribution in [3.8, 4) is 0 Å². The normalized spacial score (nSPS) is 13.3. The van der Waals surface area contributed by atoms with E-state index in [-0.39, 0.29) is 5.91 Å². The summed E-state index contributed by atoms with van der Waals surface area (Å²) in [6.07, 6.45) is -1.53. The Morgan fingerprint density at radius 2 is 1.81 bits per heavy atom. The number of fused-ring (bicyclic) bond motifs is 1. The van der Waals surface area contributed by atoms with Gasteiger partial charge in [-0.2, -0.15) is 13.2 Å². The molecule has 1 aliphatic rings. The van der Waals surface area contributed by atoms with Gasteiger partial charge in [0.05, 0.1) is 5.69 Å². The SMILES string of the molecule is Cc1ccc2c(c1N(C)C(=O)/C=C/CN(C)C)CNC2.O=C(O)C(F)(F)F. The lowest BCUT2D eigenvalue weighted by atomic mass is 10.0. The van der Waals surface area contributed by atoms with E-state index in [1.54, 1.807) is 11.0 Å². The molecule has 0 saturated carbocycles. The summed E-state index contributed by atoms with van der Waals surface area (Å²) in [5.41, 5.74) is 4.74. The summed E-state index contributed by atoms with van der Waals surface area (Å²) in [6, 6.07) is 4.24. The monoisotopic (exact) mass is 387 g/mol. The average Bonchev–Trinajstić information content (AvgIpc) is 3.01. The average molecular weight is 387 g/mol. The van der Waals surface area contributed by atoms with E-state index >= 15 is 0 Å². The highest BCUT2D eigenvalue weighted by atomic mass is 19.4. The molecule has 0 aromatic heterocycles. The molecule has 0 bridgehead atoms. The zero-order valence-corrected chi connectivity index (χ0v) is 15.7. The Balaban J connectivity index is 0.000000445. The van der Waals surface area contributed by atoms with Crippen molar-refractivity contribution < 1.29 is 27.9 Å². The number of benzene rings is 1. The third kappa shape index (κ3) is 6.69. The van der Waals surface area contributed by atoms with Gasteiger partial charge in [0.15, 0.2) is 0 Å². The zero-order chi connectivity index (χ0) is 20.8. The van der Waals surface area contributed by atoms with Gasteiger partial charge in [-0.15, -0.1) is 0 Å². The van der Waals surface area contributed by atoms with E-state index in [1.165, 1.54) is 11.1 Å². The number of nitrogens with zero attached hydrogens (tertiary/aromatic N) is 2. The number of carbonyl (C=O) groups excluding carboxylic acids is 1. The number of hydrogen-bond acceptors (Lipinski definition) is 4. The molecule has 0 radical (unpaired) electrons. The van der Waals surface area contributed by atoms with Gasteiger partial charge in [-0.1, -0.05) is 18.2 Å². The van der Waals surface area contributed by atoms with E-state index in [4.69, 9.17) is 9.90 Å². The summed E-state index contributed by atoms with van der Waals surface area (Å²) >= 11 is 0. The van der Waals surface area contributed by atoms with Crippen LogP contribution in [0.4, 0.5) is 18.9 Å². The summed E-state index contributed by atoms with van der Waals surface area (Å²) in [5, 5.41) is 10.5. The maximum atomic E-state index is 12.3. The van der Waals surface area contributed by atoms with Crippen LogP contribution < -0.4 is 10.2 Å². The summed E-state index contributed by atoms with van der Waals surface area (Å²) in [4.78, 5) is 25.0. The van der Waals surface area contributed by atoms with Crippen molar-refractivity contribution in [2.75, 3.05) is 32.6 Å². The molecule has 0 atom stereocenters. The van der Waals surface area contributed by atoms with Crippen LogP contribution in [0.25, 0.3) is 0 Å². The van der Waals surface area contributed by atoms with Crippen LogP contribution in [-0.2, 0) is 22.7 Å². The predicted octanol–water partition coefficient (Wildman–Crippen LogP) is 2.31. The first-order valence-electron chi connectivity index (χ1n) is 8.16.